The van der Waals surface area contributed by atoms with Gasteiger partial charge in [0.15, 0.2) is 11.6 Å². The average molecular weight is 300 g/mol. The number of nitrogens with zero attached hydrogens (tertiary/aromatic N) is 5. The molecule has 7 heteroatoms. The van der Waals surface area contributed by atoms with Gasteiger partial charge in [-0.3, -0.25) is 9.89 Å². The highest BCUT2D eigenvalue weighted by molar-refractivity contribution is 6.04. The summed E-state index contributed by atoms with van der Waals surface area (Å²) < 4.78 is 0. The number of amides is 1. The highest BCUT2D eigenvalue weighted by Crippen LogP contribution is 2.36. The van der Waals surface area contributed by atoms with E-state index in [1.54, 1.807) is 30.5 Å². The Kier molecular flexibility index (Phi) is 3.56. The lowest BCUT2D eigenvalue weighted by atomic mass is 10.1. The van der Waals surface area contributed by atoms with Crippen LogP contribution >= 0.6 is 0 Å². The van der Waals surface area contributed by atoms with E-state index in [2.05, 4.69) is 33.9 Å². The van der Waals surface area contributed by atoms with Gasteiger partial charge < -0.3 is 9.80 Å². The Morgan fingerprint density at radius 1 is 1.36 bits per heavy atom. The molecular formula is C15H20N6O. The summed E-state index contributed by atoms with van der Waals surface area (Å²) in [6, 6.07) is -0.0157. The molecule has 1 N–H and O–H groups in total. The smallest absolute Gasteiger partial charge is 0.249 e. The van der Waals surface area contributed by atoms with Gasteiger partial charge in [0.1, 0.15) is 11.7 Å². The number of carbonyl (C=O) groups is 1. The number of carbonyl (C=O) groups excluding carboxylic acids is 1. The number of nitrogens with one attached hydrogen (secondary N) is 1. The van der Waals surface area contributed by atoms with Crippen LogP contribution in [0.25, 0.3) is 11.4 Å². The summed E-state index contributed by atoms with van der Waals surface area (Å²) >= 11 is 0. The minimum atomic E-state index is -0.190. The van der Waals surface area contributed by atoms with Crippen molar-refractivity contribution in [3.05, 3.63) is 18.6 Å². The molecule has 0 bridgehead atoms. The first-order chi connectivity index (χ1) is 10.5. The molecule has 3 heterocycles. The molecule has 2 aromatic rings. The number of H-pyrrole nitrogens is 1. The highest BCUT2D eigenvalue weighted by Gasteiger charge is 2.38. The van der Waals surface area contributed by atoms with Gasteiger partial charge in [-0.2, -0.15) is 5.10 Å². The Hall–Kier alpha value is -2.44. The number of hydrogen-bond acceptors (Lipinski definition) is 5. The standard InChI is InChI=1S/C15H20N6O/c1-5-11-15(22)20(4)12-8-16-13(10-6-17-18-7-10)19-14(12)21(11)9(2)3/h6-9,11H,5H2,1-4H3,(H,17,18). The molecule has 0 saturated heterocycles. The van der Waals surface area contributed by atoms with Crippen LogP contribution in [0.2, 0.25) is 0 Å². The molecule has 3 rings (SSSR count). The van der Waals surface area contributed by atoms with Crippen LogP contribution in [0.4, 0.5) is 11.5 Å². The van der Waals surface area contributed by atoms with Gasteiger partial charge in [0, 0.05) is 19.3 Å². The van der Waals surface area contributed by atoms with Crippen molar-refractivity contribution in [3.8, 4) is 11.4 Å². The zero-order valence-corrected chi connectivity index (χ0v) is 13.2. The molecule has 1 atom stereocenters. The number of hydrogen-bond donors (Lipinski definition) is 1. The van der Waals surface area contributed by atoms with Gasteiger partial charge >= 0.3 is 0 Å². The molecule has 1 amide bonds. The lowest BCUT2D eigenvalue weighted by molar-refractivity contribution is -0.120. The van der Waals surface area contributed by atoms with Crippen molar-refractivity contribution in [2.75, 3.05) is 16.8 Å². The molecule has 0 radical (unpaired) electrons. The van der Waals surface area contributed by atoms with Crippen LogP contribution < -0.4 is 9.80 Å². The molecule has 1 unspecified atom stereocenters. The summed E-state index contributed by atoms with van der Waals surface area (Å²) in [6.45, 7) is 6.17. The summed E-state index contributed by atoms with van der Waals surface area (Å²) in [6.07, 6.45) is 5.91. The van der Waals surface area contributed by atoms with E-state index in [0.717, 1.165) is 23.5 Å². The predicted octanol–water partition coefficient (Wildman–Crippen LogP) is 1.84. The van der Waals surface area contributed by atoms with Crippen LogP contribution in [-0.4, -0.2) is 45.2 Å². The fourth-order valence-electron chi connectivity index (χ4n) is 2.89. The SMILES string of the molecule is CCC1C(=O)N(C)c2cnc(-c3cn[nH]c3)nc2N1C(C)C. The van der Waals surface area contributed by atoms with Gasteiger partial charge in [0.05, 0.1) is 18.0 Å². The van der Waals surface area contributed by atoms with Gasteiger partial charge in [-0.05, 0) is 20.3 Å². The zero-order chi connectivity index (χ0) is 15.9. The number of aromatic nitrogens is 4. The molecule has 0 saturated carbocycles. The Bertz CT molecular complexity index is 681. The van der Waals surface area contributed by atoms with E-state index in [4.69, 9.17) is 4.98 Å². The molecule has 0 fully saturated rings. The third-order valence-corrected chi connectivity index (χ3v) is 4.01. The maximum Gasteiger partial charge on any atom is 0.249 e. The van der Waals surface area contributed by atoms with Gasteiger partial charge in [-0.25, -0.2) is 9.97 Å². The summed E-state index contributed by atoms with van der Waals surface area (Å²) in [5.41, 5.74) is 1.58. The van der Waals surface area contributed by atoms with Crippen molar-refractivity contribution in [3.63, 3.8) is 0 Å². The van der Waals surface area contributed by atoms with Crippen LogP contribution in [0.1, 0.15) is 27.2 Å². The van der Waals surface area contributed by atoms with Gasteiger partial charge in [-0.15, -0.1) is 0 Å². The molecule has 116 valence electrons. The monoisotopic (exact) mass is 300 g/mol. The number of likely N-dealkylation sites (N-methyl/N-ethyl adjacent to an activating group) is 1. The van der Waals surface area contributed by atoms with Crippen LogP contribution in [0.3, 0.4) is 0 Å². The molecule has 22 heavy (non-hydrogen) atoms. The first-order valence-corrected chi connectivity index (χ1v) is 7.46. The highest BCUT2D eigenvalue weighted by atomic mass is 16.2. The summed E-state index contributed by atoms with van der Waals surface area (Å²) in [4.78, 5) is 25.4. The minimum Gasteiger partial charge on any atom is -0.340 e. The van der Waals surface area contributed by atoms with E-state index < -0.39 is 0 Å². The van der Waals surface area contributed by atoms with Crippen LogP contribution in [0.15, 0.2) is 18.6 Å². The fourth-order valence-corrected chi connectivity index (χ4v) is 2.89. The lowest BCUT2D eigenvalue weighted by Gasteiger charge is -2.42. The van der Waals surface area contributed by atoms with E-state index in [9.17, 15) is 4.79 Å². The van der Waals surface area contributed by atoms with Gasteiger partial charge in [0.2, 0.25) is 5.91 Å². The molecule has 1 aliphatic rings. The van der Waals surface area contributed by atoms with E-state index in [1.165, 1.54) is 0 Å². The number of fused-ring (bicyclic) bond motifs is 1. The Balaban J connectivity index is 2.16. The van der Waals surface area contributed by atoms with Crippen molar-refractivity contribution in [1.82, 2.24) is 20.2 Å². The normalized spacial score (nSPS) is 18.0. The first-order valence-electron chi connectivity index (χ1n) is 7.46. The summed E-state index contributed by atoms with van der Waals surface area (Å²) in [7, 11) is 1.78. The molecule has 7 nitrogen and oxygen atoms in total. The predicted molar refractivity (Wildman–Crippen MR) is 84.7 cm³/mol. The van der Waals surface area contributed by atoms with Crippen molar-refractivity contribution in [2.24, 2.45) is 0 Å². The molecule has 0 spiro atoms. The number of aromatic amines is 1. The van der Waals surface area contributed by atoms with E-state index in [-0.39, 0.29) is 18.0 Å². The number of anilines is 2. The summed E-state index contributed by atoms with van der Waals surface area (Å²) in [5, 5.41) is 6.71. The van der Waals surface area contributed by atoms with Crippen LogP contribution in [-0.2, 0) is 4.79 Å². The maximum absolute atomic E-state index is 12.6. The first kappa shape index (κ1) is 14.5. The van der Waals surface area contributed by atoms with Crippen molar-refractivity contribution < 1.29 is 4.79 Å². The second-order valence-electron chi connectivity index (χ2n) is 5.71. The maximum atomic E-state index is 12.6. The molecule has 0 aliphatic carbocycles. The van der Waals surface area contributed by atoms with Crippen molar-refractivity contribution in [1.29, 1.82) is 0 Å². The van der Waals surface area contributed by atoms with Gasteiger partial charge in [0.25, 0.3) is 0 Å². The van der Waals surface area contributed by atoms with Crippen molar-refractivity contribution in [2.45, 2.75) is 39.3 Å². The fraction of sp³-hybridized carbons (Fsp3) is 0.467. The average Bonchev–Trinajstić information content (AvgIpc) is 3.04. The van der Waals surface area contributed by atoms with E-state index in [0.29, 0.717) is 5.82 Å². The third kappa shape index (κ3) is 2.13. The number of rotatable bonds is 3. The molecule has 0 aromatic carbocycles. The Morgan fingerprint density at radius 3 is 2.73 bits per heavy atom. The van der Waals surface area contributed by atoms with Gasteiger partial charge in [-0.1, -0.05) is 6.92 Å². The Labute approximate surface area is 129 Å². The molecular weight excluding hydrogens is 280 g/mol. The third-order valence-electron chi connectivity index (χ3n) is 4.01. The van der Waals surface area contributed by atoms with E-state index >= 15 is 0 Å². The van der Waals surface area contributed by atoms with Crippen LogP contribution in [0, 0.1) is 0 Å². The Morgan fingerprint density at radius 2 is 2.14 bits per heavy atom. The minimum absolute atomic E-state index is 0.0864. The lowest BCUT2D eigenvalue weighted by Crippen LogP contribution is -2.54. The van der Waals surface area contributed by atoms with Crippen LogP contribution in [0.5, 0.6) is 0 Å². The molecule has 2 aromatic heterocycles. The second-order valence-corrected chi connectivity index (χ2v) is 5.71. The second kappa shape index (κ2) is 5.40. The quantitative estimate of drug-likeness (QED) is 0.935. The molecule has 1 aliphatic heterocycles. The van der Waals surface area contributed by atoms with Crippen molar-refractivity contribution >= 4 is 17.4 Å². The van der Waals surface area contributed by atoms with E-state index in [1.807, 2.05) is 6.92 Å². The topological polar surface area (TPSA) is 78.0 Å². The zero-order valence-electron chi connectivity index (χ0n) is 13.2. The largest absolute Gasteiger partial charge is 0.340 e. The summed E-state index contributed by atoms with van der Waals surface area (Å²) in [5.74, 6) is 1.49.